The van der Waals surface area contributed by atoms with E-state index in [1.807, 2.05) is 42.5 Å². The summed E-state index contributed by atoms with van der Waals surface area (Å²) in [6.45, 7) is 3.38. The third kappa shape index (κ3) is 6.38. The van der Waals surface area contributed by atoms with Gasteiger partial charge in [-0.2, -0.15) is 0 Å². The summed E-state index contributed by atoms with van der Waals surface area (Å²) < 4.78 is 16.2. The molecule has 0 spiro atoms. The molecule has 1 fully saturated rings. The van der Waals surface area contributed by atoms with Crippen molar-refractivity contribution >= 4 is 11.5 Å². The third-order valence-corrected chi connectivity index (χ3v) is 3.48. The Morgan fingerprint density at radius 1 is 1.30 bits per heavy atom. The van der Waals surface area contributed by atoms with Crippen LogP contribution in [0.5, 0.6) is 0 Å². The second-order valence-corrected chi connectivity index (χ2v) is 5.25. The van der Waals surface area contributed by atoms with Crippen LogP contribution < -0.4 is 0 Å². The van der Waals surface area contributed by atoms with Crippen LogP contribution in [0.25, 0.3) is 5.57 Å². The van der Waals surface area contributed by atoms with Crippen molar-refractivity contribution < 1.29 is 19.0 Å². The van der Waals surface area contributed by atoms with Gasteiger partial charge in [-0.1, -0.05) is 42.5 Å². The van der Waals surface area contributed by atoms with Crippen molar-refractivity contribution in [1.29, 1.82) is 0 Å². The molecule has 1 aliphatic heterocycles. The first kappa shape index (κ1) is 17.4. The molecule has 1 heterocycles. The molecule has 124 valence electrons. The van der Waals surface area contributed by atoms with Gasteiger partial charge < -0.3 is 14.2 Å². The van der Waals surface area contributed by atoms with Gasteiger partial charge >= 0.3 is 5.97 Å². The number of allylic oxidation sites excluding steroid dienone is 2. The molecule has 0 bridgehead atoms. The van der Waals surface area contributed by atoms with Crippen molar-refractivity contribution in [2.24, 2.45) is 0 Å². The van der Waals surface area contributed by atoms with Gasteiger partial charge in [0.25, 0.3) is 0 Å². The first-order chi connectivity index (χ1) is 11.3. The van der Waals surface area contributed by atoms with Gasteiger partial charge in [-0.05, 0) is 37.3 Å². The highest BCUT2D eigenvalue weighted by Crippen LogP contribution is 2.17. The van der Waals surface area contributed by atoms with Crippen LogP contribution in [0.4, 0.5) is 0 Å². The molecular formula is C19H24O4. The number of hydrogen-bond donors (Lipinski definition) is 0. The Kier molecular flexibility index (Phi) is 7.57. The molecule has 1 saturated heterocycles. The summed E-state index contributed by atoms with van der Waals surface area (Å²) >= 11 is 0. The first-order valence-corrected chi connectivity index (χ1v) is 8.13. The predicted octanol–water partition coefficient (Wildman–Crippen LogP) is 3.73. The molecule has 0 aliphatic carbocycles. The maximum Gasteiger partial charge on any atom is 0.331 e. The average Bonchev–Trinajstić information content (AvgIpc) is 2.59. The molecular weight excluding hydrogens is 292 g/mol. The van der Waals surface area contributed by atoms with Crippen molar-refractivity contribution in [2.45, 2.75) is 32.5 Å². The Hall–Kier alpha value is -1.91. The number of carbonyl (C=O) groups excluding carboxylic acids is 1. The first-order valence-electron chi connectivity index (χ1n) is 8.13. The quantitative estimate of drug-likeness (QED) is 0.437. The van der Waals surface area contributed by atoms with Crippen LogP contribution >= 0.6 is 0 Å². The molecule has 1 atom stereocenters. The number of rotatable bonds is 7. The minimum absolute atomic E-state index is 0.109. The summed E-state index contributed by atoms with van der Waals surface area (Å²) in [7, 11) is 0. The second kappa shape index (κ2) is 9.98. The minimum Gasteiger partial charge on any atom is -0.463 e. The molecule has 0 amide bonds. The summed E-state index contributed by atoms with van der Waals surface area (Å²) in [4.78, 5) is 11.7. The highest BCUT2D eigenvalue weighted by Gasteiger charge is 2.12. The summed E-state index contributed by atoms with van der Waals surface area (Å²) in [5, 5.41) is 0. The normalized spacial score (nSPS) is 19.0. The van der Waals surface area contributed by atoms with Crippen molar-refractivity contribution in [3.05, 3.63) is 54.1 Å². The van der Waals surface area contributed by atoms with Crippen molar-refractivity contribution in [1.82, 2.24) is 0 Å². The number of ether oxygens (including phenoxy) is 3. The highest BCUT2D eigenvalue weighted by molar-refractivity contribution is 5.94. The largest absolute Gasteiger partial charge is 0.463 e. The van der Waals surface area contributed by atoms with Crippen LogP contribution in [0.2, 0.25) is 0 Å². The van der Waals surface area contributed by atoms with Gasteiger partial charge in [0.1, 0.15) is 0 Å². The van der Waals surface area contributed by atoms with Crippen LogP contribution in [0.3, 0.4) is 0 Å². The van der Waals surface area contributed by atoms with E-state index in [-0.39, 0.29) is 12.3 Å². The average molecular weight is 316 g/mol. The van der Waals surface area contributed by atoms with E-state index >= 15 is 0 Å². The van der Waals surface area contributed by atoms with E-state index < -0.39 is 0 Å². The maximum atomic E-state index is 11.7. The lowest BCUT2D eigenvalue weighted by Gasteiger charge is -2.21. The zero-order chi connectivity index (χ0) is 16.3. The molecule has 4 nitrogen and oxygen atoms in total. The molecule has 0 N–H and O–H groups in total. The fourth-order valence-corrected chi connectivity index (χ4v) is 2.35. The Balaban J connectivity index is 1.96. The van der Waals surface area contributed by atoms with Gasteiger partial charge in [0.2, 0.25) is 0 Å². The molecule has 0 saturated carbocycles. The lowest BCUT2D eigenvalue weighted by atomic mass is 10.1. The number of hydrogen-bond acceptors (Lipinski definition) is 4. The van der Waals surface area contributed by atoms with Gasteiger partial charge in [0.05, 0.1) is 13.2 Å². The number of benzene rings is 1. The molecule has 1 aliphatic rings. The molecule has 0 radical (unpaired) electrons. The van der Waals surface area contributed by atoms with Gasteiger partial charge in [-0.15, -0.1) is 0 Å². The minimum atomic E-state index is -0.340. The second-order valence-electron chi connectivity index (χ2n) is 5.25. The molecule has 1 unspecified atom stereocenters. The molecule has 23 heavy (non-hydrogen) atoms. The topological polar surface area (TPSA) is 44.8 Å². The van der Waals surface area contributed by atoms with E-state index in [1.54, 1.807) is 6.92 Å². The van der Waals surface area contributed by atoms with Gasteiger partial charge in [0, 0.05) is 12.7 Å². The summed E-state index contributed by atoms with van der Waals surface area (Å²) in [5.74, 6) is -0.340. The SMILES string of the molecule is CCOC(=O)/C=C(/C=C\COC1CCCCO1)c1ccccc1. The van der Waals surface area contributed by atoms with Crippen LogP contribution in [-0.4, -0.2) is 32.1 Å². The molecule has 2 rings (SSSR count). The van der Waals surface area contributed by atoms with E-state index in [4.69, 9.17) is 14.2 Å². The van der Waals surface area contributed by atoms with E-state index in [0.717, 1.165) is 37.0 Å². The fourth-order valence-electron chi connectivity index (χ4n) is 2.35. The lowest BCUT2D eigenvalue weighted by Crippen LogP contribution is -2.22. The summed E-state index contributed by atoms with van der Waals surface area (Å²) in [6.07, 6.45) is 8.38. The van der Waals surface area contributed by atoms with Crippen LogP contribution in [0.1, 0.15) is 31.7 Å². The van der Waals surface area contributed by atoms with E-state index in [0.29, 0.717) is 13.2 Å². The van der Waals surface area contributed by atoms with Gasteiger partial charge in [-0.3, -0.25) is 0 Å². The monoisotopic (exact) mass is 316 g/mol. The molecule has 1 aromatic carbocycles. The zero-order valence-corrected chi connectivity index (χ0v) is 13.6. The third-order valence-electron chi connectivity index (χ3n) is 3.48. The van der Waals surface area contributed by atoms with Gasteiger partial charge in [-0.25, -0.2) is 4.79 Å². The van der Waals surface area contributed by atoms with E-state index in [2.05, 4.69) is 0 Å². The number of carbonyl (C=O) groups is 1. The smallest absolute Gasteiger partial charge is 0.331 e. The Labute approximate surface area is 137 Å². The summed E-state index contributed by atoms with van der Waals surface area (Å²) in [5.41, 5.74) is 1.77. The van der Waals surface area contributed by atoms with Crippen molar-refractivity contribution in [2.75, 3.05) is 19.8 Å². The Morgan fingerprint density at radius 2 is 2.13 bits per heavy atom. The maximum absolute atomic E-state index is 11.7. The molecule has 1 aromatic rings. The standard InChI is InChI=1S/C19H24O4/c1-2-21-18(20)15-17(16-9-4-3-5-10-16)11-8-14-23-19-12-6-7-13-22-19/h3-5,8-11,15,19H,2,6-7,12-14H2,1H3/b11-8-,17-15-. The van der Waals surface area contributed by atoms with Crippen molar-refractivity contribution in [3.8, 4) is 0 Å². The highest BCUT2D eigenvalue weighted by atomic mass is 16.7. The van der Waals surface area contributed by atoms with E-state index in [9.17, 15) is 4.79 Å². The lowest BCUT2D eigenvalue weighted by molar-refractivity contribution is -0.155. The number of esters is 1. The fraction of sp³-hybridized carbons (Fsp3) is 0.421. The van der Waals surface area contributed by atoms with Gasteiger partial charge in [0.15, 0.2) is 6.29 Å². The van der Waals surface area contributed by atoms with Crippen LogP contribution in [-0.2, 0) is 19.0 Å². The predicted molar refractivity (Wildman–Crippen MR) is 89.7 cm³/mol. The Bertz CT molecular complexity index is 528. The zero-order valence-electron chi connectivity index (χ0n) is 13.6. The molecule has 0 aromatic heterocycles. The van der Waals surface area contributed by atoms with Crippen LogP contribution in [0.15, 0.2) is 48.6 Å². The van der Waals surface area contributed by atoms with Crippen LogP contribution in [0, 0.1) is 0 Å². The summed E-state index contributed by atoms with van der Waals surface area (Å²) in [6, 6.07) is 9.74. The van der Waals surface area contributed by atoms with E-state index in [1.165, 1.54) is 6.08 Å². The molecule has 4 heteroatoms. The van der Waals surface area contributed by atoms with Crippen molar-refractivity contribution in [3.63, 3.8) is 0 Å². The Morgan fingerprint density at radius 3 is 2.83 bits per heavy atom.